The fourth-order valence-electron chi connectivity index (χ4n) is 6.68. The summed E-state index contributed by atoms with van der Waals surface area (Å²) in [7, 11) is 6.70. The fraction of sp³-hybridized carbons (Fsp3) is 0.650. The van der Waals surface area contributed by atoms with Crippen molar-refractivity contribution in [3.63, 3.8) is 0 Å². The van der Waals surface area contributed by atoms with Gasteiger partial charge in [-0.15, -0.1) is 0 Å². The van der Waals surface area contributed by atoms with E-state index in [1.54, 1.807) is 13.2 Å². The summed E-state index contributed by atoms with van der Waals surface area (Å²) in [5.41, 5.74) is 0.502. The van der Waals surface area contributed by atoms with Crippen LogP contribution in [0, 0.1) is 0 Å². The minimum absolute atomic E-state index is 0.0546. The average Bonchev–Trinajstić information content (AvgIpc) is 3.15. The molecule has 2 heterocycles. The molecule has 2 saturated heterocycles. The molecule has 1 spiro atoms. The number of carbonyl (C=O) groups is 1. The van der Waals surface area contributed by atoms with Crippen LogP contribution in [-0.4, -0.2) is 68.1 Å². The molecule has 5 rings (SSSR count). The molecule has 1 aromatic rings. The van der Waals surface area contributed by atoms with Gasteiger partial charge >= 0.3 is 0 Å². The third-order valence-corrected chi connectivity index (χ3v) is 7.56. The minimum atomic E-state index is -1.22. The molecule has 3 fully saturated rings. The Morgan fingerprint density at radius 2 is 2.07 bits per heavy atom. The van der Waals surface area contributed by atoms with E-state index >= 15 is 0 Å². The number of ether oxygens (including phenoxy) is 4. The van der Waals surface area contributed by atoms with Crippen molar-refractivity contribution in [1.29, 1.82) is 0 Å². The van der Waals surface area contributed by atoms with Crippen LogP contribution < -0.4 is 4.74 Å². The quantitative estimate of drug-likeness (QED) is 0.858. The molecule has 0 unspecified atom stereocenters. The number of aromatic hydroxyl groups is 1. The molecule has 4 aliphatic rings. The summed E-state index contributed by atoms with van der Waals surface area (Å²) in [6.07, 6.45) is 0.628. The van der Waals surface area contributed by atoms with Crippen LogP contribution in [0.15, 0.2) is 12.1 Å². The first-order chi connectivity index (χ1) is 12.9. The number of carbonyl (C=O) groups excluding carboxylic acids is 1. The molecule has 2 aliphatic heterocycles. The second kappa shape index (κ2) is 5.23. The number of hydrogen-bond acceptors (Lipinski definition) is 7. The predicted octanol–water partition coefficient (Wildman–Crippen LogP) is 1.52. The number of fused-ring (bicyclic) bond motifs is 3. The SMILES string of the molecule is COc1ccc2c(c1O)[C@]13CCN(C)[C@@]14C[C@H]2O[C@@]4(OC)[C@@H](OC)C(=O)C3. The van der Waals surface area contributed by atoms with Crippen molar-refractivity contribution in [1.82, 2.24) is 4.90 Å². The van der Waals surface area contributed by atoms with Gasteiger partial charge in [0.25, 0.3) is 0 Å². The standard InChI is InChI=1S/C20H25NO6/c1-21-8-7-18-9-12(22)17(25-3)20(26-4)19(18,21)10-14(27-20)11-5-6-13(24-2)16(23)15(11)18/h5-6,14,17,23H,7-10H2,1-4H3/t14-,17+,18-,19+,20+/m1/s1. The van der Waals surface area contributed by atoms with E-state index < -0.39 is 22.8 Å². The molecule has 27 heavy (non-hydrogen) atoms. The van der Waals surface area contributed by atoms with Crippen molar-refractivity contribution in [2.45, 2.75) is 48.2 Å². The highest BCUT2D eigenvalue weighted by molar-refractivity contribution is 5.89. The highest BCUT2D eigenvalue weighted by atomic mass is 16.7. The number of hydrogen-bond donors (Lipinski definition) is 1. The molecule has 0 radical (unpaired) electrons. The van der Waals surface area contributed by atoms with E-state index in [1.165, 1.54) is 14.2 Å². The molecule has 1 aromatic carbocycles. The van der Waals surface area contributed by atoms with E-state index in [4.69, 9.17) is 18.9 Å². The summed E-state index contributed by atoms with van der Waals surface area (Å²) in [5.74, 6) is -0.746. The lowest BCUT2D eigenvalue weighted by Crippen LogP contribution is -2.76. The van der Waals surface area contributed by atoms with Gasteiger partial charge in [-0.25, -0.2) is 0 Å². The molecule has 7 nitrogen and oxygen atoms in total. The van der Waals surface area contributed by atoms with Gasteiger partial charge in [0, 0.05) is 38.0 Å². The molecule has 2 bridgehead atoms. The van der Waals surface area contributed by atoms with Crippen LogP contribution in [0.5, 0.6) is 11.5 Å². The normalized spacial score (nSPS) is 42.1. The molecule has 5 atom stereocenters. The lowest BCUT2D eigenvalue weighted by atomic mass is 9.50. The zero-order valence-electron chi connectivity index (χ0n) is 16.1. The van der Waals surface area contributed by atoms with Crippen molar-refractivity contribution in [2.24, 2.45) is 0 Å². The molecule has 0 aromatic heterocycles. The number of likely N-dealkylation sites (tertiary alicyclic amines) is 1. The molecule has 7 heteroatoms. The van der Waals surface area contributed by atoms with E-state index in [0.29, 0.717) is 12.2 Å². The number of phenols is 1. The predicted molar refractivity (Wildman–Crippen MR) is 94.9 cm³/mol. The third-order valence-electron chi connectivity index (χ3n) is 7.56. The number of nitrogens with zero attached hydrogens (tertiary/aromatic N) is 1. The maximum absolute atomic E-state index is 13.2. The monoisotopic (exact) mass is 375 g/mol. The minimum Gasteiger partial charge on any atom is -0.504 e. The van der Waals surface area contributed by atoms with E-state index in [9.17, 15) is 9.90 Å². The number of phenolic OH excluding ortho intramolecular Hbond substituents is 1. The van der Waals surface area contributed by atoms with Crippen LogP contribution in [0.1, 0.15) is 36.5 Å². The Morgan fingerprint density at radius 3 is 2.74 bits per heavy atom. The average molecular weight is 375 g/mol. The summed E-state index contributed by atoms with van der Waals surface area (Å²) >= 11 is 0. The first-order valence-electron chi connectivity index (χ1n) is 9.32. The molecular weight excluding hydrogens is 350 g/mol. The largest absolute Gasteiger partial charge is 0.504 e. The zero-order chi connectivity index (χ0) is 19.2. The van der Waals surface area contributed by atoms with Crippen molar-refractivity contribution in [2.75, 3.05) is 34.9 Å². The molecule has 2 aliphatic carbocycles. The number of rotatable bonds is 3. The number of ketones is 1. The van der Waals surface area contributed by atoms with Crippen molar-refractivity contribution in [3.05, 3.63) is 23.3 Å². The lowest BCUT2D eigenvalue weighted by Gasteiger charge is -2.59. The Morgan fingerprint density at radius 1 is 1.30 bits per heavy atom. The Bertz CT molecular complexity index is 842. The van der Waals surface area contributed by atoms with Gasteiger partial charge in [-0.05, 0) is 31.6 Å². The van der Waals surface area contributed by atoms with Crippen LogP contribution in [0.2, 0.25) is 0 Å². The summed E-state index contributed by atoms with van der Waals surface area (Å²) < 4.78 is 23.6. The second-order valence-electron chi connectivity index (χ2n) is 8.14. The number of Topliss-reactive ketones (excluding diaryl/α,β-unsaturated/α-hetero) is 1. The molecule has 0 amide bonds. The van der Waals surface area contributed by atoms with E-state index in [-0.39, 0.29) is 24.1 Å². The Labute approximate surface area is 158 Å². The van der Waals surface area contributed by atoms with Crippen molar-refractivity contribution in [3.8, 4) is 11.5 Å². The zero-order valence-corrected chi connectivity index (χ0v) is 16.1. The van der Waals surface area contributed by atoms with Gasteiger partial charge in [-0.2, -0.15) is 0 Å². The van der Waals surface area contributed by atoms with Gasteiger partial charge in [0.15, 0.2) is 23.4 Å². The third kappa shape index (κ3) is 1.59. The smallest absolute Gasteiger partial charge is 0.222 e. The Hall–Kier alpha value is -1.67. The summed E-state index contributed by atoms with van der Waals surface area (Å²) in [6.45, 7) is 0.779. The fourth-order valence-corrected chi connectivity index (χ4v) is 6.68. The number of methoxy groups -OCH3 is 3. The van der Waals surface area contributed by atoms with Crippen LogP contribution >= 0.6 is 0 Å². The molecular formula is C20H25NO6. The van der Waals surface area contributed by atoms with Crippen LogP contribution in [0.4, 0.5) is 0 Å². The topological polar surface area (TPSA) is 77.5 Å². The molecule has 146 valence electrons. The van der Waals surface area contributed by atoms with Gasteiger partial charge in [0.2, 0.25) is 5.79 Å². The first-order valence-corrected chi connectivity index (χ1v) is 9.32. The summed E-state index contributed by atoms with van der Waals surface area (Å²) in [5, 5.41) is 11.1. The van der Waals surface area contributed by atoms with Gasteiger partial charge in [0.05, 0.1) is 18.8 Å². The summed E-state index contributed by atoms with van der Waals surface area (Å²) in [6, 6.07) is 3.71. The van der Waals surface area contributed by atoms with Gasteiger partial charge in [-0.3, -0.25) is 9.69 Å². The van der Waals surface area contributed by atoms with Gasteiger partial charge in [0.1, 0.15) is 0 Å². The highest BCUT2D eigenvalue weighted by Crippen LogP contribution is 2.72. The number of benzene rings is 1. The Balaban J connectivity index is 1.88. The Kier molecular flexibility index (Phi) is 3.37. The molecule has 1 N–H and O–H groups in total. The first kappa shape index (κ1) is 17.4. The lowest BCUT2D eigenvalue weighted by molar-refractivity contribution is -0.309. The highest BCUT2D eigenvalue weighted by Gasteiger charge is 2.82. The van der Waals surface area contributed by atoms with Gasteiger partial charge in [-0.1, -0.05) is 6.07 Å². The van der Waals surface area contributed by atoms with Crippen LogP contribution in [0.25, 0.3) is 0 Å². The van der Waals surface area contributed by atoms with Crippen molar-refractivity contribution < 1.29 is 28.8 Å². The maximum Gasteiger partial charge on any atom is 0.222 e. The van der Waals surface area contributed by atoms with E-state index in [2.05, 4.69) is 4.90 Å². The van der Waals surface area contributed by atoms with E-state index in [1.807, 2.05) is 13.1 Å². The summed E-state index contributed by atoms with van der Waals surface area (Å²) in [4.78, 5) is 15.5. The second-order valence-corrected chi connectivity index (χ2v) is 8.14. The number of likely N-dealkylation sites (N-methyl/N-ethyl adjacent to an activating group) is 1. The van der Waals surface area contributed by atoms with Gasteiger partial charge < -0.3 is 24.1 Å². The molecule has 1 saturated carbocycles. The van der Waals surface area contributed by atoms with Crippen molar-refractivity contribution >= 4 is 5.78 Å². The maximum atomic E-state index is 13.2. The van der Waals surface area contributed by atoms with Crippen LogP contribution in [-0.2, 0) is 24.4 Å². The van der Waals surface area contributed by atoms with Crippen LogP contribution in [0.3, 0.4) is 0 Å². The van der Waals surface area contributed by atoms with E-state index in [0.717, 1.165) is 24.1 Å².